The van der Waals surface area contributed by atoms with Crippen LogP contribution in [0.5, 0.6) is 0 Å². The molecule has 0 saturated carbocycles. The first-order chi connectivity index (χ1) is 15.0. The predicted molar refractivity (Wildman–Crippen MR) is 118 cm³/mol. The Balaban J connectivity index is 1.54. The second-order valence-electron chi connectivity index (χ2n) is 7.58. The van der Waals surface area contributed by atoms with E-state index in [4.69, 9.17) is 11.0 Å². The van der Waals surface area contributed by atoms with Crippen LogP contribution in [0.3, 0.4) is 0 Å². The van der Waals surface area contributed by atoms with Crippen LogP contribution in [0.4, 0.5) is 21.8 Å². The Morgan fingerprint density at radius 3 is 2.74 bits per heavy atom. The minimum atomic E-state index is -0.698. The zero-order chi connectivity index (χ0) is 21.8. The lowest BCUT2D eigenvalue weighted by molar-refractivity contribution is 0.123. The Labute approximate surface area is 180 Å². The molecular weight excluding hydrogens is 395 g/mol. The Bertz CT molecular complexity index is 1100. The number of piperidine rings is 1. The molecule has 2 aromatic carbocycles. The molecule has 1 aliphatic rings. The molecule has 2 unspecified atom stereocenters. The van der Waals surface area contributed by atoms with Gasteiger partial charge in [-0.1, -0.05) is 24.3 Å². The predicted octanol–water partition coefficient (Wildman–Crippen LogP) is 3.38. The number of aromatic nitrogens is 2. The average molecular weight is 418 g/mol. The Morgan fingerprint density at radius 1 is 1.19 bits per heavy atom. The van der Waals surface area contributed by atoms with E-state index in [1.165, 1.54) is 12.1 Å². The van der Waals surface area contributed by atoms with Gasteiger partial charge in [0, 0.05) is 36.3 Å². The third-order valence-electron chi connectivity index (χ3n) is 5.43. The molecule has 1 aliphatic heterocycles. The fraction of sp³-hybridized carbons (Fsp3) is 0.261. The second-order valence-corrected chi connectivity index (χ2v) is 7.58. The zero-order valence-corrected chi connectivity index (χ0v) is 16.9. The number of para-hydroxylation sites is 1. The quantitative estimate of drug-likeness (QED) is 0.545. The van der Waals surface area contributed by atoms with Crippen LogP contribution in [-0.4, -0.2) is 34.4 Å². The van der Waals surface area contributed by atoms with Crippen LogP contribution < -0.4 is 16.0 Å². The van der Waals surface area contributed by atoms with Crippen LogP contribution in [0.15, 0.2) is 54.6 Å². The first-order valence-electron chi connectivity index (χ1n) is 10.1. The lowest BCUT2D eigenvalue weighted by Gasteiger charge is -2.36. The SMILES string of the molecule is N#Cc1ccc(-c2cc(N3CCCC(C(O)Nc4ccccc4)C3)nc(N)n2)cc1F. The summed E-state index contributed by atoms with van der Waals surface area (Å²) in [5.74, 6) is 0.110. The van der Waals surface area contributed by atoms with Crippen molar-refractivity contribution in [1.29, 1.82) is 5.26 Å². The maximum Gasteiger partial charge on any atom is 0.222 e. The minimum Gasteiger partial charge on any atom is -0.373 e. The molecule has 7 nitrogen and oxygen atoms in total. The molecule has 0 spiro atoms. The van der Waals surface area contributed by atoms with Gasteiger partial charge in [-0.15, -0.1) is 0 Å². The highest BCUT2D eigenvalue weighted by atomic mass is 19.1. The van der Waals surface area contributed by atoms with Gasteiger partial charge < -0.3 is 21.1 Å². The number of nitrogen functional groups attached to an aromatic ring is 1. The summed E-state index contributed by atoms with van der Waals surface area (Å²) in [5, 5.41) is 22.8. The number of aliphatic hydroxyl groups is 1. The van der Waals surface area contributed by atoms with Crippen molar-refractivity contribution >= 4 is 17.5 Å². The van der Waals surface area contributed by atoms with E-state index in [-0.39, 0.29) is 17.4 Å². The Kier molecular flexibility index (Phi) is 5.96. The third kappa shape index (κ3) is 4.73. The molecule has 1 fully saturated rings. The van der Waals surface area contributed by atoms with Crippen LogP contribution in [0.25, 0.3) is 11.3 Å². The van der Waals surface area contributed by atoms with Gasteiger partial charge in [-0.05, 0) is 37.1 Å². The summed E-state index contributed by atoms with van der Waals surface area (Å²) in [6, 6.07) is 17.5. The topological polar surface area (TPSA) is 111 Å². The summed E-state index contributed by atoms with van der Waals surface area (Å²) < 4.78 is 14.1. The summed E-state index contributed by atoms with van der Waals surface area (Å²) >= 11 is 0. The molecule has 4 rings (SSSR count). The van der Waals surface area contributed by atoms with E-state index in [0.29, 0.717) is 23.6 Å². The van der Waals surface area contributed by atoms with E-state index in [9.17, 15) is 9.50 Å². The van der Waals surface area contributed by atoms with Gasteiger partial charge in [0.25, 0.3) is 0 Å². The van der Waals surface area contributed by atoms with Crippen molar-refractivity contribution in [2.75, 3.05) is 29.0 Å². The zero-order valence-electron chi connectivity index (χ0n) is 16.9. The number of rotatable bonds is 5. The number of hydrogen-bond acceptors (Lipinski definition) is 7. The molecule has 2 atom stereocenters. The molecule has 1 saturated heterocycles. The fourth-order valence-corrected chi connectivity index (χ4v) is 3.83. The van der Waals surface area contributed by atoms with Crippen molar-refractivity contribution in [2.45, 2.75) is 19.1 Å². The van der Waals surface area contributed by atoms with E-state index in [1.807, 2.05) is 36.4 Å². The molecule has 2 heterocycles. The molecule has 0 amide bonds. The number of halogens is 1. The maximum absolute atomic E-state index is 14.1. The number of benzene rings is 2. The van der Waals surface area contributed by atoms with E-state index < -0.39 is 12.0 Å². The number of aliphatic hydroxyl groups excluding tert-OH is 1. The smallest absolute Gasteiger partial charge is 0.222 e. The van der Waals surface area contributed by atoms with Gasteiger partial charge in [0.15, 0.2) is 0 Å². The molecule has 3 aromatic rings. The number of nitrogens with one attached hydrogen (secondary N) is 1. The van der Waals surface area contributed by atoms with E-state index in [1.54, 1.807) is 12.1 Å². The van der Waals surface area contributed by atoms with Crippen LogP contribution in [0.2, 0.25) is 0 Å². The minimum absolute atomic E-state index is 0.000882. The number of nitriles is 1. The molecular formula is C23H23FN6O. The second kappa shape index (κ2) is 8.98. The van der Waals surface area contributed by atoms with Crippen molar-refractivity contribution in [1.82, 2.24) is 9.97 Å². The normalized spacial score (nSPS) is 17.1. The van der Waals surface area contributed by atoms with E-state index in [2.05, 4.69) is 20.2 Å². The first kappa shape index (κ1) is 20.6. The fourth-order valence-electron chi connectivity index (χ4n) is 3.83. The molecule has 4 N–H and O–H groups in total. The summed E-state index contributed by atoms with van der Waals surface area (Å²) in [5.41, 5.74) is 7.78. The summed E-state index contributed by atoms with van der Waals surface area (Å²) in [6.45, 7) is 1.37. The first-order valence-corrected chi connectivity index (χ1v) is 10.1. The van der Waals surface area contributed by atoms with Gasteiger partial charge in [-0.25, -0.2) is 9.37 Å². The summed E-state index contributed by atoms with van der Waals surface area (Å²) in [4.78, 5) is 10.7. The van der Waals surface area contributed by atoms with Crippen molar-refractivity contribution in [3.05, 3.63) is 66.0 Å². The third-order valence-corrected chi connectivity index (χ3v) is 5.43. The lowest BCUT2D eigenvalue weighted by atomic mass is 9.96. The van der Waals surface area contributed by atoms with Gasteiger partial charge in [0.1, 0.15) is 23.9 Å². The lowest BCUT2D eigenvalue weighted by Crippen LogP contribution is -2.43. The molecule has 8 heteroatoms. The van der Waals surface area contributed by atoms with Crippen molar-refractivity contribution < 1.29 is 9.50 Å². The molecule has 0 aliphatic carbocycles. The highest BCUT2D eigenvalue weighted by molar-refractivity contribution is 5.65. The number of anilines is 3. The maximum atomic E-state index is 14.1. The molecule has 158 valence electrons. The highest BCUT2D eigenvalue weighted by Gasteiger charge is 2.27. The van der Waals surface area contributed by atoms with E-state index in [0.717, 1.165) is 25.1 Å². The van der Waals surface area contributed by atoms with Crippen molar-refractivity contribution in [3.63, 3.8) is 0 Å². The van der Waals surface area contributed by atoms with Crippen LogP contribution in [0.1, 0.15) is 18.4 Å². The van der Waals surface area contributed by atoms with Crippen LogP contribution >= 0.6 is 0 Å². The Hall–Kier alpha value is -3.70. The summed E-state index contributed by atoms with van der Waals surface area (Å²) in [6.07, 6.45) is 1.07. The number of nitrogens with zero attached hydrogens (tertiary/aromatic N) is 4. The van der Waals surface area contributed by atoms with Gasteiger partial charge in [0.05, 0.1) is 11.3 Å². The number of hydrogen-bond donors (Lipinski definition) is 3. The van der Waals surface area contributed by atoms with Gasteiger partial charge >= 0.3 is 0 Å². The largest absolute Gasteiger partial charge is 0.373 e. The molecule has 0 bridgehead atoms. The van der Waals surface area contributed by atoms with Crippen molar-refractivity contribution in [2.24, 2.45) is 5.92 Å². The molecule has 1 aromatic heterocycles. The molecule has 0 radical (unpaired) electrons. The van der Waals surface area contributed by atoms with Gasteiger partial charge in [-0.3, -0.25) is 0 Å². The van der Waals surface area contributed by atoms with E-state index >= 15 is 0 Å². The number of nitrogens with two attached hydrogens (primary N) is 1. The van der Waals surface area contributed by atoms with Gasteiger partial charge in [0.2, 0.25) is 5.95 Å². The van der Waals surface area contributed by atoms with Crippen LogP contribution in [-0.2, 0) is 0 Å². The average Bonchev–Trinajstić information content (AvgIpc) is 2.79. The summed E-state index contributed by atoms with van der Waals surface area (Å²) in [7, 11) is 0. The van der Waals surface area contributed by atoms with Crippen LogP contribution in [0, 0.1) is 23.1 Å². The standard InChI is InChI=1S/C23H23FN6O/c24-19-11-15(8-9-16(19)13-25)20-12-21(29-23(26)28-20)30-10-4-5-17(14-30)22(31)27-18-6-2-1-3-7-18/h1-3,6-9,11-12,17,22,27,31H,4-5,10,14H2,(H2,26,28,29). The van der Waals surface area contributed by atoms with Gasteiger partial charge in [-0.2, -0.15) is 10.2 Å². The Morgan fingerprint density at radius 2 is 2.00 bits per heavy atom. The van der Waals surface area contributed by atoms with Crippen molar-refractivity contribution in [3.8, 4) is 17.3 Å². The molecule has 31 heavy (non-hydrogen) atoms. The monoisotopic (exact) mass is 418 g/mol. The highest BCUT2D eigenvalue weighted by Crippen LogP contribution is 2.28.